The summed E-state index contributed by atoms with van der Waals surface area (Å²) in [4.78, 5) is 71.8. The molecule has 0 saturated carbocycles. The van der Waals surface area contributed by atoms with Crippen LogP contribution in [0.1, 0.15) is 53.6 Å². The molecular formula is C23H34Cl2N16O4. The van der Waals surface area contributed by atoms with E-state index in [0.717, 1.165) is 0 Å². The number of carbonyl (C=O) groups excluding carboxylic acids is 4. The molecule has 1 atom stereocenters. The monoisotopic (exact) mass is 668 g/mol. The number of hydrogen-bond acceptors (Lipinski definition) is 14. The molecule has 2 aromatic rings. The van der Waals surface area contributed by atoms with E-state index in [9.17, 15) is 19.2 Å². The fourth-order valence-electron chi connectivity index (χ4n) is 3.27. The van der Waals surface area contributed by atoms with Crippen LogP contribution in [0.3, 0.4) is 0 Å². The van der Waals surface area contributed by atoms with Gasteiger partial charge in [-0.15, -0.1) is 0 Å². The zero-order valence-electron chi connectivity index (χ0n) is 24.1. The van der Waals surface area contributed by atoms with Crippen LogP contribution in [0.5, 0.6) is 0 Å². The van der Waals surface area contributed by atoms with E-state index in [1.807, 2.05) is 0 Å². The second kappa shape index (κ2) is 17.2. The van der Waals surface area contributed by atoms with Crippen LogP contribution < -0.4 is 55.7 Å². The van der Waals surface area contributed by atoms with Gasteiger partial charge in [0.1, 0.15) is 6.04 Å². The van der Waals surface area contributed by atoms with Crippen molar-refractivity contribution in [2.75, 3.05) is 42.6 Å². The van der Waals surface area contributed by atoms with Gasteiger partial charge in [0.15, 0.2) is 56.9 Å². The molecule has 45 heavy (non-hydrogen) atoms. The Morgan fingerprint density at radius 3 is 1.69 bits per heavy atom. The normalized spacial score (nSPS) is 12.2. The largest absolute Gasteiger partial charge is 0.382 e. The molecule has 0 radical (unpaired) electrons. The van der Waals surface area contributed by atoms with E-state index < -0.39 is 17.9 Å². The predicted molar refractivity (Wildman–Crippen MR) is 169 cm³/mol. The van der Waals surface area contributed by atoms with Crippen LogP contribution >= 0.6 is 23.2 Å². The first-order valence-corrected chi connectivity index (χ1v) is 13.9. The summed E-state index contributed by atoms with van der Waals surface area (Å²) in [6, 6.07) is -0.787. The van der Waals surface area contributed by atoms with Crippen LogP contribution in [0.4, 0.5) is 23.3 Å². The van der Waals surface area contributed by atoms with Gasteiger partial charge in [-0.05, 0) is 26.2 Å². The third-order valence-electron chi connectivity index (χ3n) is 5.50. The number of nitrogens with two attached hydrogens (primary N) is 6. The zero-order valence-corrected chi connectivity index (χ0v) is 25.6. The molecule has 0 fully saturated rings. The highest BCUT2D eigenvalue weighted by Crippen LogP contribution is 2.18. The number of anilines is 4. The lowest BCUT2D eigenvalue weighted by atomic mass is 10.2. The molecule has 0 aliphatic rings. The lowest BCUT2D eigenvalue weighted by Gasteiger charge is -2.14. The van der Waals surface area contributed by atoms with Gasteiger partial charge in [-0.1, -0.05) is 23.2 Å². The molecule has 2 heterocycles. The molecule has 22 heteroatoms. The first-order chi connectivity index (χ1) is 21.2. The molecule has 0 spiro atoms. The van der Waals surface area contributed by atoms with Crippen molar-refractivity contribution in [1.29, 1.82) is 0 Å². The van der Waals surface area contributed by atoms with E-state index in [1.54, 1.807) is 0 Å². The molecule has 2 rings (SSSR count). The van der Waals surface area contributed by atoms with E-state index in [0.29, 0.717) is 19.4 Å². The predicted octanol–water partition coefficient (Wildman–Crippen LogP) is -2.13. The van der Waals surface area contributed by atoms with Crippen molar-refractivity contribution in [3.05, 3.63) is 21.7 Å². The van der Waals surface area contributed by atoms with Crippen molar-refractivity contribution in [1.82, 2.24) is 41.2 Å². The minimum absolute atomic E-state index is 0.0504. The Kier molecular flexibility index (Phi) is 13.7. The Bertz CT molecular complexity index is 1490. The fraction of sp³-hybridized carbons (Fsp3) is 0.391. The smallest absolute Gasteiger partial charge is 0.280 e. The second-order valence-electron chi connectivity index (χ2n) is 9.10. The summed E-state index contributed by atoms with van der Waals surface area (Å²) >= 11 is 11.5. The number of nitrogen functional groups attached to an aromatic ring is 4. The van der Waals surface area contributed by atoms with Gasteiger partial charge < -0.3 is 45.0 Å². The summed E-state index contributed by atoms with van der Waals surface area (Å²) in [6.07, 6.45) is 1.41. The Morgan fingerprint density at radius 2 is 1.20 bits per heavy atom. The molecule has 4 amide bonds. The third-order valence-corrected chi connectivity index (χ3v) is 6.06. The summed E-state index contributed by atoms with van der Waals surface area (Å²) in [5.74, 6) is -3.40. The number of nitrogens with one attached hydrogen (secondary N) is 4. The summed E-state index contributed by atoms with van der Waals surface area (Å²) in [5, 5.41) is 9.51. The number of carbonyl (C=O) groups is 4. The Morgan fingerprint density at radius 1 is 0.733 bits per heavy atom. The van der Waals surface area contributed by atoms with Crippen LogP contribution in [0.2, 0.25) is 10.3 Å². The molecule has 0 saturated heterocycles. The molecule has 0 unspecified atom stereocenters. The van der Waals surface area contributed by atoms with Crippen molar-refractivity contribution in [2.24, 2.45) is 21.5 Å². The summed E-state index contributed by atoms with van der Waals surface area (Å²) in [5.41, 5.74) is 33.1. The molecule has 244 valence electrons. The lowest BCUT2D eigenvalue weighted by molar-refractivity contribution is -0.128. The molecule has 2 aromatic heterocycles. The molecule has 16 N–H and O–H groups in total. The highest BCUT2D eigenvalue weighted by atomic mass is 35.5. The van der Waals surface area contributed by atoms with Gasteiger partial charge >= 0.3 is 0 Å². The minimum Gasteiger partial charge on any atom is -0.382 e. The molecular weight excluding hydrogens is 635 g/mol. The Balaban J connectivity index is 1.62. The first kappa shape index (κ1) is 36.0. The van der Waals surface area contributed by atoms with Crippen LogP contribution in [-0.4, -0.2) is 81.2 Å². The van der Waals surface area contributed by atoms with Crippen molar-refractivity contribution >= 4 is 82.0 Å². The van der Waals surface area contributed by atoms with Gasteiger partial charge in [-0.25, -0.2) is 19.9 Å². The summed E-state index contributed by atoms with van der Waals surface area (Å²) in [6.45, 7) is 2.22. The number of rotatable bonds is 13. The SMILES string of the molecule is C[C@H](NC(=O)CCCN=C(N)NC(=O)c1nc(Cl)c(N)nc1N)C(=O)NCCCCN=C(N)NC(=O)c1nc(Cl)c(N)nc1N. The second-order valence-corrected chi connectivity index (χ2v) is 9.82. The maximum atomic E-state index is 12.3. The number of guanidine groups is 2. The van der Waals surface area contributed by atoms with E-state index in [-0.39, 0.29) is 94.6 Å². The summed E-state index contributed by atoms with van der Waals surface area (Å²) < 4.78 is 0. The first-order valence-electron chi connectivity index (χ1n) is 13.2. The lowest BCUT2D eigenvalue weighted by Crippen LogP contribution is -2.45. The van der Waals surface area contributed by atoms with Crippen LogP contribution in [0.25, 0.3) is 0 Å². The average molecular weight is 670 g/mol. The topological polar surface area (TPSA) is 349 Å². The molecule has 0 aliphatic heterocycles. The maximum Gasteiger partial charge on any atom is 0.280 e. The van der Waals surface area contributed by atoms with Gasteiger partial charge in [-0.2, -0.15) is 0 Å². The zero-order chi connectivity index (χ0) is 33.7. The van der Waals surface area contributed by atoms with Crippen LogP contribution in [0, 0.1) is 0 Å². The van der Waals surface area contributed by atoms with Crippen molar-refractivity contribution in [3.8, 4) is 0 Å². The summed E-state index contributed by atoms with van der Waals surface area (Å²) in [7, 11) is 0. The number of nitrogens with zero attached hydrogens (tertiary/aromatic N) is 6. The van der Waals surface area contributed by atoms with Crippen molar-refractivity contribution in [3.63, 3.8) is 0 Å². The van der Waals surface area contributed by atoms with Gasteiger partial charge in [-0.3, -0.25) is 39.8 Å². The molecule has 0 aromatic carbocycles. The minimum atomic E-state index is -0.788. The van der Waals surface area contributed by atoms with Gasteiger partial charge in [0, 0.05) is 26.1 Å². The number of unbranched alkanes of at least 4 members (excludes halogenated alkanes) is 1. The number of halogens is 2. The van der Waals surface area contributed by atoms with Gasteiger partial charge in [0.05, 0.1) is 0 Å². The average Bonchev–Trinajstić information content (AvgIpc) is 2.96. The van der Waals surface area contributed by atoms with Gasteiger partial charge in [0.25, 0.3) is 11.8 Å². The number of amides is 4. The third kappa shape index (κ3) is 11.8. The van der Waals surface area contributed by atoms with E-state index in [4.69, 9.17) is 57.6 Å². The molecule has 0 bridgehead atoms. The van der Waals surface area contributed by atoms with Crippen LogP contribution in [0.15, 0.2) is 9.98 Å². The van der Waals surface area contributed by atoms with Crippen LogP contribution in [-0.2, 0) is 9.59 Å². The van der Waals surface area contributed by atoms with Crippen molar-refractivity contribution in [2.45, 2.75) is 38.6 Å². The van der Waals surface area contributed by atoms with E-state index in [1.165, 1.54) is 6.92 Å². The molecule has 20 nitrogen and oxygen atoms in total. The van der Waals surface area contributed by atoms with Gasteiger partial charge in [0.2, 0.25) is 11.8 Å². The van der Waals surface area contributed by atoms with E-state index in [2.05, 4.69) is 51.2 Å². The quantitative estimate of drug-likeness (QED) is 0.0619. The molecule has 0 aliphatic carbocycles. The Labute approximate surface area is 266 Å². The number of aromatic nitrogens is 4. The fourth-order valence-corrected chi connectivity index (χ4v) is 3.52. The maximum absolute atomic E-state index is 12.3. The highest BCUT2D eigenvalue weighted by Gasteiger charge is 2.18. The van der Waals surface area contributed by atoms with Crippen molar-refractivity contribution < 1.29 is 19.2 Å². The highest BCUT2D eigenvalue weighted by molar-refractivity contribution is 6.32. The Hall–Kier alpha value is -5.24. The number of aliphatic imine (C=N–C) groups is 2. The number of hydrogen-bond donors (Lipinski definition) is 10. The standard InChI is InChI=1S/C23H34Cl2N16O4/c1-9(35-10(42)5-4-8-34-23(31)41-21(45)12-16(27)39-18(29)14(25)37-12)19(43)32-6-2-3-7-33-22(30)40-20(44)11-15(26)38-17(28)13(24)36-11/h9H,2-8H2,1H3,(H,32,43)(H,35,42)(H4,26,28,38)(H4,27,29,39)(H3,30,33,40,44)(H3,31,34,41,45)/t9-/m0/s1. The van der Waals surface area contributed by atoms with E-state index >= 15 is 0 Å².